The van der Waals surface area contributed by atoms with Gasteiger partial charge < -0.3 is 0 Å². The third kappa shape index (κ3) is 2.67. The molecule has 2 atom stereocenters. The van der Waals surface area contributed by atoms with Crippen LogP contribution < -0.4 is 0 Å². The number of halogens is 4. The molecule has 55 valence electrons. The van der Waals surface area contributed by atoms with Crippen LogP contribution in [0.1, 0.15) is 6.42 Å². The topological polar surface area (TPSA) is 0 Å². The molecular weight excluding hydrogens is 136 g/mol. The Labute approximate surface area is 50.9 Å². The van der Waals surface area contributed by atoms with Crippen molar-refractivity contribution in [1.29, 1.82) is 0 Å². The van der Waals surface area contributed by atoms with Gasteiger partial charge in [-0.15, -0.1) is 0 Å². The third-order valence-corrected chi connectivity index (χ3v) is 0.862. The molecule has 0 aromatic rings. The first-order chi connectivity index (χ1) is 4.09. The third-order valence-electron chi connectivity index (χ3n) is 0.862. The fraction of sp³-hybridized carbons (Fsp3) is 0.800. The minimum atomic E-state index is -3.23. The molecule has 0 spiro atoms. The Balaban J connectivity index is 3.58. The normalized spacial score (nSPS) is 18.0. The second-order valence-corrected chi connectivity index (χ2v) is 1.58. The Morgan fingerprint density at radius 3 is 1.67 bits per heavy atom. The van der Waals surface area contributed by atoms with E-state index in [1.165, 1.54) is 0 Å². The average molecular weight is 143 g/mol. The molecule has 0 aliphatic rings. The van der Waals surface area contributed by atoms with Crippen molar-refractivity contribution < 1.29 is 17.6 Å². The maximum atomic E-state index is 11.9. The Morgan fingerprint density at radius 2 is 1.56 bits per heavy atom. The lowest BCUT2D eigenvalue weighted by atomic mass is 10.2. The maximum absolute atomic E-state index is 11.9. The quantitative estimate of drug-likeness (QED) is 0.531. The van der Waals surface area contributed by atoms with Crippen molar-refractivity contribution in [2.24, 2.45) is 0 Å². The van der Waals surface area contributed by atoms with Crippen LogP contribution in [0.2, 0.25) is 0 Å². The van der Waals surface area contributed by atoms with E-state index in [0.29, 0.717) is 0 Å². The number of hydrogen-bond donors (Lipinski definition) is 0. The fourth-order valence-corrected chi connectivity index (χ4v) is 0.317. The van der Waals surface area contributed by atoms with Crippen molar-refractivity contribution in [2.45, 2.75) is 25.2 Å². The van der Waals surface area contributed by atoms with Crippen molar-refractivity contribution in [3.8, 4) is 0 Å². The molecule has 0 nitrogen and oxygen atoms in total. The van der Waals surface area contributed by atoms with Gasteiger partial charge in [0.05, 0.1) is 0 Å². The van der Waals surface area contributed by atoms with E-state index in [9.17, 15) is 17.6 Å². The summed E-state index contributed by atoms with van der Waals surface area (Å²) in [6.07, 6.45) is -8.50. The summed E-state index contributed by atoms with van der Waals surface area (Å²) in [6.45, 7) is 2.94. The van der Waals surface area contributed by atoms with Crippen LogP contribution in [0, 0.1) is 6.92 Å². The first kappa shape index (κ1) is 8.72. The van der Waals surface area contributed by atoms with Gasteiger partial charge in [-0.25, -0.2) is 17.6 Å². The molecule has 9 heavy (non-hydrogen) atoms. The van der Waals surface area contributed by atoms with Crippen LogP contribution in [0.3, 0.4) is 0 Å². The zero-order valence-corrected chi connectivity index (χ0v) is 4.66. The molecule has 0 fully saturated rings. The van der Waals surface area contributed by atoms with Gasteiger partial charge in [-0.3, -0.25) is 0 Å². The van der Waals surface area contributed by atoms with Gasteiger partial charge in [-0.2, -0.15) is 0 Å². The van der Waals surface area contributed by atoms with Gasteiger partial charge >= 0.3 is 0 Å². The molecule has 0 aromatic heterocycles. The summed E-state index contributed by atoms with van der Waals surface area (Å²) in [5, 5.41) is 0. The van der Waals surface area contributed by atoms with Crippen molar-refractivity contribution in [3.05, 3.63) is 6.92 Å². The van der Waals surface area contributed by atoms with E-state index >= 15 is 0 Å². The van der Waals surface area contributed by atoms with Crippen LogP contribution in [0.25, 0.3) is 0 Å². The lowest BCUT2D eigenvalue weighted by Crippen LogP contribution is -2.24. The molecule has 1 radical (unpaired) electrons. The van der Waals surface area contributed by atoms with Crippen LogP contribution in [-0.4, -0.2) is 18.8 Å². The minimum Gasteiger partial charge on any atom is -0.244 e. The highest BCUT2D eigenvalue weighted by molar-refractivity contribution is 4.70. The summed E-state index contributed by atoms with van der Waals surface area (Å²) in [5.41, 5.74) is 0. The van der Waals surface area contributed by atoms with Crippen LogP contribution in [0.15, 0.2) is 0 Å². The van der Waals surface area contributed by atoms with E-state index < -0.39 is 25.2 Å². The van der Waals surface area contributed by atoms with Gasteiger partial charge in [0, 0.05) is 0 Å². The highest BCUT2D eigenvalue weighted by Gasteiger charge is 2.27. The lowest BCUT2D eigenvalue weighted by molar-refractivity contribution is 0.00442. The predicted octanol–water partition coefficient (Wildman–Crippen LogP) is 2.15. The summed E-state index contributed by atoms with van der Waals surface area (Å²) in [7, 11) is 0. The number of alkyl halides is 4. The molecule has 0 saturated heterocycles. The molecule has 0 aromatic carbocycles. The molecule has 0 saturated carbocycles. The smallest absolute Gasteiger partial charge is 0.244 e. The van der Waals surface area contributed by atoms with Crippen LogP contribution in [0.4, 0.5) is 17.6 Å². The van der Waals surface area contributed by atoms with Crippen molar-refractivity contribution >= 4 is 0 Å². The molecule has 0 aliphatic heterocycles. The summed E-state index contributed by atoms with van der Waals surface area (Å²) in [4.78, 5) is 0. The Morgan fingerprint density at radius 1 is 1.11 bits per heavy atom. The van der Waals surface area contributed by atoms with Crippen molar-refractivity contribution in [2.75, 3.05) is 0 Å². The molecule has 4 heteroatoms. The Kier molecular flexibility index (Phi) is 3.58. The second kappa shape index (κ2) is 3.69. The van der Waals surface area contributed by atoms with Gasteiger partial charge in [0.25, 0.3) is 6.43 Å². The Bertz CT molecular complexity index is 73.4. The molecule has 0 N–H and O–H groups in total. The van der Waals surface area contributed by atoms with Gasteiger partial charge in [0.2, 0.25) is 0 Å². The number of hydrogen-bond acceptors (Lipinski definition) is 0. The summed E-state index contributed by atoms with van der Waals surface area (Å²) >= 11 is 0. The van der Waals surface area contributed by atoms with E-state index in [1.54, 1.807) is 0 Å². The van der Waals surface area contributed by atoms with Crippen molar-refractivity contribution in [1.82, 2.24) is 0 Å². The molecule has 0 heterocycles. The lowest BCUT2D eigenvalue weighted by Gasteiger charge is -2.08. The molecule has 0 aliphatic carbocycles. The first-order valence-corrected chi connectivity index (χ1v) is 2.45. The van der Waals surface area contributed by atoms with Gasteiger partial charge in [0.15, 0.2) is 6.17 Å². The maximum Gasteiger partial charge on any atom is 0.272 e. The fourth-order valence-electron chi connectivity index (χ4n) is 0.317. The van der Waals surface area contributed by atoms with E-state index in [-0.39, 0.29) is 0 Å². The SMILES string of the molecule is [CH2]CC(F)C(F)C(F)F. The van der Waals surface area contributed by atoms with Crippen LogP contribution in [-0.2, 0) is 0 Å². The van der Waals surface area contributed by atoms with E-state index in [4.69, 9.17) is 0 Å². The standard InChI is InChI=1S/C5H7F4/c1-2-3(6)4(7)5(8)9/h3-5H,1-2H2. The van der Waals surface area contributed by atoms with E-state index in [0.717, 1.165) is 0 Å². The monoisotopic (exact) mass is 143 g/mol. The van der Waals surface area contributed by atoms with E-state index in [1.807, 2.05) is 0 Å². The minimum absolute atomic E-state index is 0.453. The van der Waals surface area contributed by atoms with Gasteiger partial charge in [-0.1, -0.05) is 6.92 Å². The van der Waals surface area contributed by atoms with E-state index in [2.05, 4.69) is 6.92 Å². The highest BCUT2D eigenvalue weighted by atomic mass is 19.3. The second-order valence-electron chi connectivity index (χ2n) is 1.58. The average Bonchev–Trinajstić information content (AvgIpc) is 1.84. The predicted molar refractivity (Wildman–Crippen MR) is 25.8 cm³/mol. The van der Waals surface area contributed by atoms with Gasteiger partial charge in [-0.05, 0) is 6.42 Å². The zero-order valence-electron chi connectivity index (χ0n) is 4.66. The van der Waals surface area contributed by atoms with Gasteiger partial charge in [0.1, 0.15) is 6.17 Å². The molecule has 2 unspecified atom stereocenters. The Hall–Kier alpha value is -0.280. The van der Waals surface area contributed by atoms with Crippen LogP contribution in [0.5, 0.6) is 0 Å². The zero-order chi connectivity index (χ0) is 7.44. The van der Waals surface area contributed by atoms with Crippen LogP contribution >= 0.6 is 0 Å². The summed E-state index contributed by atoms with van der Waals surface area (Å²) < 4.78 is 46.1. The summed E-state index contributed by atoms with van der Waals surface area (Å²) in [6, 6.07) is 0. The highest BCUT2D eigenvalue weighted by Crippen LogP contribution is 2.14. The molecule has 0 rings (SSSR count). The first-order valence-electron chi connectivity index (χ1n) is 2.45. The molecule has 0 bridgehead atoms. The number of rotatable bonds is 3. The summed E-state index contributed by atoms with van der Waals surface area (Å²) in [5.74, 6) is 0. The largest absolute Gasteiger partial charge is 0.272 e. The van der Waals surface area contributed by atoms with Crippen molar-refractivity contribution in [3.63, 3.8) is 0 Å². The molecule has 0 amide bonds. The molecular formula is C5H7F4.